The summed E-state index contributed by atoms with van der Waals surface area (Å²) < 4.78 is 33.9. The Labute approximate surface area is 146 Å². The van der Waals surface area contributed by atoms with Crippen LogP contribution in [0.4, 0.5) is 14.5 Å². The fraction of sp³-hybridized carbons (Fsp3) is 0.467. The monoisotopic (exact) mass is 374 g/mol. The second-order valence-electron chi connectivity index (χ2n) is 5.67. The SMILES string of the molecule is COc1cc(C(=O)N[C@@H]2CC[C@H](C(=O)O)C2)c([N+](=O)[O-])cc1OC(F)F. The molecule has 1 fully saturated rings. The number of nitro groups is 1. The molecule has 0 unspecified atom stereocenters. The van der Waals surface area contributed by atoms with Gasteiger partial charge in [0.05, 0.1) is 24.0 Å². The zero-order valence-electron chi connectivity index (χ0n) is 13.6. The van der Waals surface area contributed by atoms with Crippen molar-refractivity contribution in [3.8, 4) is 11.5 Å². The minimum Gasteiger partial charge on any atom is -0.493 e. The fourth-order valence-corrected chi connectivity index (χ4v) is 2.83. The molecule has 0 aromatic heterocycles. The van der Waals surface area contributed by atoms with Gasteiger partial charge in [0.25, 0.3) is 11.6 Å². The third kappa shape index (κ3) is 4.35. The molecule has 1 aromatic rings. The predicted molar refractivity (Wildman–Crippen MR) is 82.5 cm³/mol. The molecular formula is C15H16F2N2O7. The maximum atomic E-state index is 12.4. The van der Waals surface area contributed by atoms with Crippen LogP contribution in [0.25, 0.3) is 0 Å². The van der Waals surface area contributed by atoms with E-state index in [0.29, 0.717) is 18.9 Å². The number of alkyl halides is 2. The Morgan fingerprint density at radius 2 is 2.04 bits per heavy atom. The number of carbonyl (C=O) groups excluding carboxylic acids is 1. The summed E-state index contributed by atoms with van der Waals surface area (Å²) in [5.41, 5.74) is -1.13. The van der Waals surface area contributed by atoms with Crippen molar-refractivity contribution in [2.45, 2.75) is 31.9 Å². The first-order valence-electron chi connectivity index (χ1n) is 7.57. The number of hydrogen-bond donors (Lipinski definition) is 2. The van der Waals surface area contributed by atoms with E-state index in [-0.39, 0.29) is 12.2 Å². The van der Waals surface area contributed by atoms with Crippen LogP contribution in [0.2, 0.25) is 0 Å². The largest absolute Gasteiger partial charge is 0.493 e. The van der Waals surface area contributed by atoms with E-state index in [1.54, 1.807) is 0 Å². The molecular weight excluding hydrogens is 358 g/mol. The number of halogens is 2. The number of amides is 1. The van der Waals surface area contributed by atoms with E-state index in [9.17, 15) is 28.5 Å². The van der Waals surface area contributed by atoms with Gasteiger partial charge in [-0.3, -0.25) is 19.7 Å². The summed E-state index contributed by atoms with van der Waals surface area (Å²) in [7, 11) is 1.13. The van der Waals surface area contributed by atoms with E-state index >= 15 is 0 Å². The lowest BCUT2D eigenvalue weighted by Gasteiger charge is -2.15. The summed E-state index contributed by atoms with van der Waals surface area (Å²) in [6, 6.07) is 1.18. The van der Waals surface area contributed by atoms with E-state index in [1.807, 2.05) is 0 Å². The van der Waals surface area contributed by atoms with Crippen LogP contribution in [0.3, 0.4) is 0 Å². The van der Waals surface area contributed by atoms with E-state index in [1.165, 1.54) is 0 Å². The van der Waals surface area contributed by atoms with Crippen molar-refractivity contribution < 1.29 is 37.9 Å². The highest BCUT2D eigenvalue weighted by Crippen LogP contribution is 2.36. The number of ether oxygens (including phenoxy) is 2. The summed E-state index contributed by atoms with van der Waals surface area (Å²) >= 11 is 0. The number of carbonyl (C=O) groups is 2. The van der Waals surface area contributed by atoms with Crippen LogP contribution in [0, 0.1) is 16.0 Å². The molecule has 2 N–H and O–H groups in total. The minimum atomic E-state index is -3.23. The molecule has 142 valence electrons. The lowest BCUT2D eigenvalue weighted by atomic mass is 10.1. The van der Waals surface area contributed by atoms with E-state index in [4.69, 9.17) is 9.84 Å². The highest BCUT2D eigenvalue weighted by molar-refractivity contribution is 5.99. The molecule has 1 aromatic carbocycles. The highest BCUT2D eigenvalue weighted by Gasteiger charge is 2.32. The minimum absolute atomic E-state index is 0.207. The van der Waals surface area contributed by atoms with Crippen LogP contribution in [-0.4, -0.2) is 41.7 Å². The van der Waals surface area contributed by atoms with Gasteiger partial charge in [0, 0.05) is 12.1 Å². The number of aliphatic carboxylic acids is 1. The van der Waals surface area contributed by atoms with Gasteiger partial charge < -0.3 is 19.9 Å². The molecule has 9 nitrogen and oxygen atoms in total. The number of rotatable bonds is 7. The van der Waals surface area contributed by atoms with Crippen molar-refractivity contribution in [3.05, 3.63) is 27.8 Å². The van der Waals surface area contributed by atoms with E-state index in [2.05, 4.69) is 10.1 Å². The molecule has 0 heterocycles. The Kier molecular flexibility index (Phi) is 5.90. The molecule has 11 heteroatoms. The van der Waals surface area contributed by atoms with Crippen molar-refractivity contribution in [2.24, 2.45) is 5.92 Å². The summed E-state index contributed by atoms with van der Waals surface area (Å²) in [6.07, 6.45) is 1.01. The lowest BCUT2D eigenvalue weighted by Crippen LogP contribution is -2.33. The van der Waals surface area contributed by atoms with Crippen LogP contribution >= 0.6 is 0 Å². The Balaban J connectivity index is 2.27. The summed E-state index contributed by atoms with van der Waals surface area (Å²) in [4.78, 5) is 33.7. The second-order valence-corrected chi connectivity index (χ2v) is 5.67. The van der Waals surface area contributed by atoms with Crippen molar-refractivity contribution >= 4 is 17.6 Å². The number of benzene rings is 1. The van der Waals surface area contributed by atoms with Crippen molar-refractivity contribution in [3.63, 3.8) is 0 Å². The molecule has 0 radical (unpaired) electrons. The Hall–Kier alpha value is -2.98. The smallest absolute Gasteiger partial charge is 0.387 e. The number of nitro benzene ring substituents is 1. The quantitative estimate of drug-likeness (QED) is 0.553. The standard InChI is InChI=1S/C15H16F2N2O7/c1-25-11-5-9(10(19(23)24)6-12(11)26-15(16)17)13(20)18-8-3-2-7(4-8)14(21)22/h5-8,15H,2-4H2,1H3,(H,18,20)(H,21,22)/t7-,8+/m0/s1. The topological polar surface area (TPSA) is 128 Å². The third-order valence-corrected chi connectivity index (χ3v) is 4.06. The van der Waals surface area contributed by atoms with Crippen molar-refractivity contribution in [1.82, 2.24) is 5.32 Å². The summed E-state index contributed by atoms with van der Waals surface area (Å²) in [6.45, 7) is -3.23. The molecule has 1 amide bonds. The molecule has 0 saturated heterocycles. The zero-order chi connectivity index (χ0) is 19.4. The van der Waals surface area contributed by atoms with Gasteiger partial charge in [-0.05, 0) is 19.3 Å². The Bertz CT molecular complexity index is 726. The average molecular weight is 374 g/mol. The number of nitrogens with zero attached hydrogens (tertiary/aromatic N) is 1. The first-order valence-corrected chi connectivity index (χ1v) is 7.57. The first kappa shape index (κ1) is 19.3. The second kappa shape index (κ2) is 7.93. The summed E-state index contributed by atoms with van der Waals surface area (Å²) in [5, 5.41) is 22.7. The van der Waals surface area contributed by atoms with Crippen LogP contribution < -0.4 is 14.8 Å². The Morgan fingerprint density at radius 1 is 1.35 bits per heavy atom. The van der Waals surface area contributed by atoms with Crippen molar-refractivity contribution in [2.75, 3.05) is 7.11 Å². The van der Waals surface area contributed by atoms with Crippen molar-refractivity contribution in [1.29, 1.82) is 0 Å². The third-order valence-electron chi connectivity index (χ3n) is 4.06. The normalized spacial score (nSPS) is 19.2. The van der Waals surface area contributed by atoms with Gasteiger partial charge in [-0.25, -0.2) is 0 Å². The number of hydrogen-bond acceptors (Lipinski definition) is 6. The molecule has 26 heavy (non-hydrogen) atoms. The number of nitrogens with one attached hydrogen (secondary N) is 1. The van der Waals surface area contributed by atoms with Crippen LogP contribution in [0.1, 0.15) is 29.6 Å². The molecule has 2 atom stereocenters. The maximum absolute atomic E-state index is 12.4. The molecule has 2 rings (SSSR count). The molecule has 0 aliphatic heterocycles. The van der Waals surface area contributed by atoms with Gasteiger partial charge in [0.15, 0.2) is 11.5 Å². The van der Waals surface area contributed by atoms with Gasteiger partial charge in [0.1, 0.15) is 5.56 Å². The number of methoxy groups -OCH3 is 1. The molecule has 1 aliphatic carbocycles. The molecule has 1 aliphatic rings. The summed E-state index contributed by atoms with van der Waals surface area (Å²) in [5.74, 6) is -3.22. The van der Waals surface area contributed by atoms with E-state index < -0.39 is 52.4 Å². The molecule has 1 saturated carbocycles. The predicted octanol–water partition coefficient (Wildman–Crippen LogP) is 2.19. The fourth-order valence-electron chi connectivity index (χ4n) is 2.83. The van der Waals surface area contributed by atoms with E-state index in [0.717, 1.165) is 13.2 Å². The zero-order valence-corrected chi connectivity index (χ0v) is 13.6. The highest BCUT2D eigenvalue weighted by atomic mass is 19.3. The van der Waals surface area contributed by atoms with Gasteiger partial charge in [-0.15, -0.1) is 0 Å². The number of carboxylic acid groups (broad SMARTS) is 1. The maximum Gasteiger partial charge on any atom is 0.387 e. The van der Waals surface area contributed by atoms with Crippen LogP contribution in [0.15, 0.2) is 12.1 Å². The van der Waals surface area contributed by atoms with Gasteiger partial charge >= 0.3 is 12.6 Å². The van der Waals surface area contributed by atoms with Gasteiger partial charge in [-0.1, -0.05) is 0 Å². The van der Waals surface area contributed by atoms with Crippen LogP contribution in [0.5, 0.6) is 11.5 Å². The number of carboxylic acids is 1. The van der Waals surface area contributed by atoms with Crippen LogP contribution in [-0.2, 0) is 4.79 Å². The first-order chi connectivity index (χ1) is 12.2. The average Bonchev–Trinajstić information content (AvgIpc) is 3.02. The van der Waals surface area contributed by atoms with Gasteiger partial charge in [-0.2, -0.15) is 8.78 Å². The molecule has 0 bridgehead atoms. The molecule has 0 spiro atoms. The lowest BCUT2D eigenvalue weighted by molar-refractivity contribution is -0.385. The Morgan fingerprint density at radius 3 is 2.54 bits per heavy atom. The van der Waals surface area contributed by atoms with Gasteiger partial charge in [0.2, 0.25) is 0 Å².